The lowest BCUT2D eigenvalue weighted by Gasteiger charge is -2.24. The molecule has 2 aliphatic heterocycles. The van der Waals surface area contributed by atoms with Crippen molar-refractivity contribution < 1.29 is 9.31 Å². The molecule has 1 aromatic rings. The van der Waals surface area contributed by atoms with Gasteiger partial charge in [-0.3, -0.25) is 10.1 Å². The van der Waals surface area contributed by atoms with E-state index in [1.54, 1.807) is 12.1 Å². The number of benzene rings is 1. The van der Waals surface area contributed by atoms with Crippen molar-refractivity contribution >= 4 is 11.4 Å². The molecule has 0 saturated carbocycles. The van der Waals surface area contributed by atoms with Gasteiger partial charge < -0.3 is 4.90 Å². The van der Waals surface area contributed by atoms with E-state index >= 15 is 0 Å². The van der Waals surface area contributed by atoms with Gasteiger partial charge in [-0.2, -0.15) is 0 Å². The molecule has 2 fully saturated rings. The summed E-state index contributed by atoms with van der Waals surface area (Å²) < 4.78 is 12.9. The highest BCUT2D eigenvalue weighted by atomic mass is 19.1. The molecule has 0 N–H and O–H groups in total. The second-order valence-electron chi connectivity index (χ2n) is 5.07. The molecule has 0 radical (unpaired) electrons. The molecule has 3 rings (SSSR count). The van der Waals surface area contributed by atoms with Crippen LogP contribution in [-0.4, -0.2) is 17.0 Å². The topological polar surface area (TPSA) is 46.4 Å². The zero-order valence-corrected chi connectivity index (χ0v) is 10.0. The van der Waals surface area contributed by atoms with Crippen LogP contribution in [0.25, 0.3) is 0 Å². The molecular weight excluding hydrogens is 235 g/mol. The molecular formula is C13H15FN2O2. The van der Waals surface area contributed by atoms with Gasteiger partial charge in [0, 0.05) is 23.8 Å². The van der Waals surface area contributed by atoms with Gasteiger partial charge in [-0.05, 0) is 37.8 Å². The van der Waals surface area contributed by atoms with E-state index < -0.39 is 11.6 Å². The number of nitro groups is 1. The number of hydrogen-bond donors (Lipinski definition) is 0. The summed E-state index contributed by atoms with van der Waals surface area (Å²) in [5, 5.41) is 10.8. The standard InChI is InChI=1S/C13H15FN2O2/c14-8-9-7-12(5-6-13(9)16(17)18)15-10-1-2-11(15)4-3-10/h5-7,10-11H,1-4,8H2. The monoisotopic (exact) mass is 250 g/mol. The summed E-state index contributed by atoms with van der Waals surface area (Å²) in [7, 11) is 0. The molecule has 96 valence electrons. The lowest BCUT2D eigenvalue weighted by atomic mass is 10.0. The third-order valence-corrected chi connectivity index (χ3v) is 4.15. The first-order valence-electron chi connectivity index (χ1n) is 6.32. The van der Waals surface area contributed by atoms with Crippen LogP contribution < -0.4 is 4.90 Å². The van der Waals surface area contributed by atoms with E-state index in [-0.39, 0.29) is 11.3 Å². The molecule has 2 aliphatic rings. The van der Waals surface area contributed by atoms with Crippen molar-refractivity contribution in [1.82, 2.24) is 0 Å². The number of anilines is 1. The Hall–Kier alpha value is -1.65. The normalized spacial score (nSPS) is 25.7. The summed E-state index contributed by atoms with van der Waals surface area (Å²) in [6, 6.07) is 5.93. The second-order valence-corrected chi connectivity index (χ2v) is 5.07. The first kappa shape index (κ1) is 11.4. The van der Waals surface area contributed by atoms with Crippen molar-refractivity contribution in [1.29, 1.82) is 0 Å². The Labute approximate surface area is 105 Å². The van der Waals surface area contributed by atoms with E-state index in [2.05, 4.69) is 4.90 Å². The molecule has 0 atom stereocenters. The first-order chi connectivity index (χ1) is 8.70. The summed E-state index contributed by atoms with van der Waals surface area (Å²) in [5.41, 5.74) is 1.01. The van der Waals surface area contributed by atoms with Gasteiger partial charge in [0.25, 0.3) is 5.69 Å². The zero-order chi connectivity index (χ0) is 12.7. The molecule has 18 heavy (non-hydrogen) atoms. The predicted molar refractivity (Wildman–Crippen MR) is 66.4 cm³/mol. The smallest absolute Gasteiger partial charge is 0.275 e. The Kier molecular flexibility index (Phi) is 2.69. The van der Waals surface area contributed by atoms with Crippen molar-refractivity contribution in [3.8, 4) is 0 Å². The van der Waals surface area contributed by atoms with E-state index in [1.165, 1.54) is 31.7 Å². The Balaban J connectivity index is 1.96. The molecule has 4 nitrogen and oxygen atoms in total. The average molecular weight is 250 g/mol. The zero-order valence-electron chi connectivity index (χ0n) is 10.0. The Bertz CT molecular complexity index is 472. The van der Waals surface area contributed by atoms with Crippen LogP contribution in [0.15, 0.2) is 18.2 Å². The predicted octanol–water partition coefficient (Wildman–Crippen LogP) is 3.20. The molecule has 0 aromatic heterocycles. The fourth-order valence-electron chi connectivity index (χ4n) is 3.35. The van der Waals surface area contributed by atoms with Gasteiger partial charge in [0.2, 0.25) is 0 Å². The summed E-state index contributed by atoms with van der Waals surface area (Å²) in [6.07, 6.45) is 4.75. The van der Waals surface area contributed by atoms with Gasteiger partial charge in [-0.1, -0.05) is 0 Å². The highest BCUT2D eigenvalue weighted by Crippen LogP contribution is 2.41. The van der Waals surface area contributed by atoms with Gasteiger partial charge in [-0.15, -0.1) is 0 Å². The number of hydrogen-bond acceptors (Lipinski definition) is 3. The van der Waals surface area contributed by atoms with Gasteiger partial charge in [-0.25, -0.2) is 4.39 Å². The van der Waals surface area contributed by atoms with Gasteiger partial charge >= 0.3 is 0 Å². The molecule has 2 saturated heterocycles. The molecule has 0 aliphatic carbocycles. The highest BCUT2D eigenvalue weighted by molar-refractivity contribution is 5.58. The molecule has 0 unspecified atom stereocenters. The Morgan fingerprint density at radius 2 is 1.89 bits per heavy atom. The minimum Gasteiger partial charge on any atom is -0.366 e. The van der Waals surface area contributed by atoms with Crippen LogP contribution in [0.1, 0.15) is 31.2 Å². The number of nitro benzene ring substituents is 1. The lowest BCUT2D eigenvalue weighted by Crippen LogP contribution is -2.28. The second kappa shape index (κ2) is 4.23. The SMILES string of the molecule is O=[N+]([O-])c1ccc(N2C3CCC2CC3)cc1CF. The van der Waals surface area contributed by atoms with Crippen molar-refractivity contribution in [3.05, 3.63) is 33.9 Å². The molecule has 0 amide bonds. The Morgan fingerprint density at radius 1 is 1.28 bits per heavy atom. The van der Waals surface area contributed by atoms with E-state index in [9.17, 15) is 14.5 Å². The van der Waals surface area contributed by atoms with Gasteiger partial charge in [0.1, 0.15) is 6.67 Å². The highest BCUT2D eigenvalue weighted by Gasteiger charge is 2.39. The fraction of sp³-hybridized carbons (Fsp3) is 0.538. The third kappa shape index (κ3) is 1.65. The molecule has 5 heteroatoms. The van der Waals surface area contributed by atoms with Crippen LogP contribution in [-0.2, 0) is 6.67 Å². The van der Waals surface area contributed by atoms with Crippen LogP contribution >= 0.6 is 0 Å². The maximum absolute atomic E-state index is 12.9. The number of halogens is 1. The molecule has 1 aromatic carbocycles. The summed E-state index contributed by atoms with van der Waals surface area (Å²) in [5.74, 6) is 0. The van der Waals surface area contributed by atoms with Crippen LogP contribution in [0.3, 0.4) is 0 Å². The molecule has 2 bridgehead atoms. The van der Waals surface area contributed by atoms with E-state index in [0.29, 0.717) is 12.1 Å². The van der Waals surface area contributed by atoms with E-state index in [0.717, 1.165) is 5.69 Å². The van der Waals surface area contributed by atoms with Crippen LogP contribution in [0.2, 0.25) is 0 Å². The fourth-order valence-corrected chi connectivity index (χ4v) is 3.35. The Morgan fingerprint density at radius 3 is 2.39 bits per heavy atom. The van der Waals surface area contributed by atoms with Crippen LogP contribution in [0, 0.1) is 10.1 Å². The quantitative estimate of drug-likeness (QED) is 0.611. The summed E-state index contributed by atoms with van der Waals surface area (Å²) >= 11 is 0. The van der Waals surface area contributed by atoms with Gasteiger partial charge in [0.15, 0.2) is 0 Å². The van der Waals surface area contributed by atoms with Gasteiger partial charge in [0.05, 0.1) is 10.5 Å². The van der Waals surface area contributed by atoms with Crippen molar-refractivity contribution in [2.24, 2.45) is 0 Å². The molecule has 2 heterocycles. The average Bonchev–Trinajstić information content (AvgIpc) is 2.97. The van der Waals surface area contributed by atoms with Crippen molar-refractivity contribution in [3.63, 3.8) is 0 Å². The largest absolute Gasteiger partial charge is 0.366 e. The summed E-state index contributed by atoms with van der Waals surface area (Å²) in [4.78, 5) is 12.6. The minimum atomic E-state index is -0.784. The summed E-state index contributed by atoms with van der Waals surface area (Å²) in [6.45, 7) is -0.784. The van der Waals surface area contributed by atoms with E-state index in [4.69, 9.17) is 0 Å². The van der Waals surface area contributed by atoms with Crippen molar-refractivity contribution in [2.45, 2.75) is 44.4 Å². The number of nitrogens with zero attached hydrogens (tertiary/aromatic N) is 2. The van der Waals surface area contributed by atoms with Crippen molar-refractivity contribution in [2.75, 3.05) is 4.90 Å². The minimum absolute atomic E-state index is 0.118. The number of fused-ring (bicyclic) bond motifs is 2. The first-order valence-corrected chi connectivity index (χ1v) is 6.32. The number of rotatable bonds is 3. The lowest BCUT2D eigenvalue weighted by molar-refractivity contribution is -0.385. The van der Waals surface area contributed by atoms with Crippen LogP contribution in [0.5, 0.6) is 0 Å². The third-order valence-electron chi connectivity index (χ3n) is 4.15. The van der Waals surface area contributed by atoms with Crippen LogP contribution in [0.4, 0.5) is 15.8 Å². The molecule has 0 spiro atoms. The van der Waals surface area contributed by atoms with E-state index in [1.807, 2.05) is 0 Å². The maximum Gasteiger partial charge on any atom is 0.275 e. The maximum atomic E-state index is 12.9. The number of alkyl halides is 1.